The molecule has 0 radical (unpaired) electrons. The van der Waals surface area contributed by atoms with E-state index >= 15 is 0 Å². The molecule has 94 valence electrons. The molecule has 0 spiro atoms. The average molecular weight is 243 g/mol. The van der Waals surface area contributed by atoms with Crippen molar-refractivity contribution in [2.45, 2.75) is 26.1 Å². The van der Waals surface area contributed by atoms with Gasteiger partial charge in [0, 0.05) is 12.7 Å². The third-order valence-corrected chi connectivity index (χ3v) is 3.27. The van der Waals surface area contributed by atoms with Gasteiger partial charge in [-0.25, -0.2) is 0 Å². The fourth-order valence-corrected chi connectivity index (χ4v) is 2.31. The van der Waals surface area contributed by atoms with Gasteiger partial charge in [-0.2, -0.15) is 5.10 Å². The molecule has 1 N–H and O–H groups in total. The molecule has 0 saturated heterocycles. The first-order valence-electron chi connectivity index (χ1n) is 6.31. The van der Waals surface area contributed by atoms with Crippen LogP contribution in [0, 0.1) is 0 Å². The Morgan fingerprint density at radius 1 is 1.44 bits per heavy atom. The van der Waals surface area contributed by atoms with Crippen molar-refractivity contribution in [3.63, 3.8) is 0 Å². The Morgan fingerprint density at radius 3 is 3.17 bits per heavy atom. The van der Waals surface area contributed by atoms with E-state index in [1.807, 2.05) is 17.1 Å². The molecule has 1 aliphatic rings. The van der Waals surface area contributed by atoms with Gasteiger partial charge >= 0.3 is 0 Å². The molecule has 0 saturated carbocycles. The van der Waals surface area contributed by atoms with E-state index < -0.39 is 0 Å². The van der Waals surface area contributed by atoms with E-state index in [0.717, 1.165) is 12.2 Å². The highest BCUT2D eigenvalue weighted by Crippen LogP contribution is 2.27. The second kappa shape index (κ2) is 4.82. The Labute approximate surface area is 107 Å². The van der Waals surface area contributed by atoms with Crippen molar-refractivity contribution in [3.8, 4) is 0 Å². The summed E-state index contributed by atoms with van der Waals surface area (Å²) in [5.41, 5.74) is 3.64. The second-order valence-electron chi connectivity index (χ2n) is 4.50. The maximum absolute atomic E-state index is 5.62. The third kappa shape index (κ3) is 2.11. The van der Waals surface area contributed by atoms with E-state index in [4.69, 9.17) is 4.74 Å². The van der Waals surface area contributed by atoms with Crippen molar-refractivity contribution in [1.82, 2.24) is 9.78 Å². The molecule has 1 aliphatic heterocycles. The van der Waals surface area contributed by atoms with Gasteiger partial charge in [-0.1, -0.05) is 24.3 Å². The highest BCUT2D eigenvalue weighted by atomic mass is 16.5. The lowest BCUT2D eigenvalue weighted by Crippen LogP contribution is -2.22. The molecular formula is C14H17N3O. The maximum atomic E-state index is 5.62. The summed E-state index contributed by atoms with van der Waals surface area (Å²) in [5, 5.41) is 7.75. The van der Waals surface area contributed by atoms with Crippen molar-refractivity contribution in [1.29, 1.82) is 0 Å². The number of fused-ring (bicyclic) bond motifs is 1. The average Bonchev–Trinajstić information content (AvgIpc) is 2.87. The lowest BCUT2D eigenvalue weighted by atomic mass is 9.99. The Bertz CT molecular complexity index is 535. The van der Waals surface area contributed by atoms with E-state index in [0.29, 0.717) is 13.2 Å². The predicted octanol–water partition coefficient (Wildman–Crippen LogP) is 2.59. The van der Waals surface area contributed by atoms with Gasteiger partial charge in [0.15, 0.2) is 0 Å². The highest BCUT2D eigenvalue weighted by molar-refractivity contribution is 5.44. The van der Waals surface area contributed by atoms with Gasteiger partial charge in [0.25, 0.3) is 0 Å². The van der Waals surface area contributed by atoms with Crippen LogP contribution in [0.1, 0.15) is 24.1 Å². The van der Waals surface area contributed by atoms with Gasteiger partial charge in [-0.05, 0) is 18.1 Å². The van der Waals surface area contributed by atoms with Crippen LogP contribution < -0.4 is 5.32 Å². The van der Waals surface area contributed by atoms with Gasteiger partial charge in [0.05, 0.1) is 31.1 Å². The van der Waals surface area contributed by atoms with Crippen LogP contribution in [0.15, 0.2) is 36.7 Å². The number of hydrogen-bond donors (Lipinski definition) is 1. The molecule has 1 atom stereocenters. The summed E-state index contributed by atoms with van der Waals surface area (Å²) < 4.78 is 7.54. The Kier molecular flexibility index (Phi) is 3.02. The SMILES string of the molecule is CCn1cc(NC2COCc3ccccc32)cn1. The first-order valence-corrected chi connectivity index (χ1v) is 6.31. The molecule has 18 heavy (non-hydrogen) atoms. The molecule has 2 aromatic rings. The number of anilines is 1. The summed E-state index contributed by atoms with van der Waals surface area (Å²) in [6.07, 6.45) is 3.89. The smallest absolute Gasteiger partial charge is 0.0752 e. The monoisotopic (exact) mass is 243 g/mol. The van der Waals surface area contributed by atoms with E-state index in [9.17, 15) is 0 Å². The first kappa shape index (κ1) is 11.3. The second-order valence-corrected chi connectivity index (χ2v) is 4.50. The molecule has 4 heteroatoms. The third-order valence-electron chi connectivity index (χ3n) is 3.27. The molecule has 1 unspecified atom stereocenters. The Balaban J connectivity index is 1.81. The number of ether oxygens (including phenoxy) is 1. The number of aromatic nitrogens is 2. The van der Waals surface area contributed by atoms with Crippen LogP contribution in [-0.2, 0) is 17.9 Å². The zero-order chi connectivity index (χ0) is 12.4. The number of hydrogen-bond acceptors (Lipinski definition) is 3. The van der Waals surface area contributed by atoms with E-state index in [1.54, 1.807) is 0 Å². The zero-order valence-electron chi connectivity index (χ0n) is 10.5. The van der Waals surface area contributed by atoms with Crippen LogP contribution >= 0.6 is 0 Å². The van der Waals surface area contributed by atoms with Gasteiger partial charge in [-0.15, -0.1) is 0 Å². The van der Waals surface area contributed by atoms with Crippen LogP contribution in [0.3, 0.4) is 0 Å². The van der Waals surface area contributed by atoms with E-state index in [2.05, 4.69) is 41.6 Å². The fraction of sp³-hybridized carbons (Fsp3) is 0.357. The predicted molar refractivity (Wildman–Crippen MR) is 70.4 cm³/mol. The summed E-state index contributed by atoms with van der Waals surface area (Å²) >= 11 is 0. The lowest BCUT2D eigenvalue weighted by molar-refractivity contribution is 0.0970. The molecule has 0 bridgehead atoms. The van der Waals surface area contributed by atoms with Crippen LogP contribution in [-0.4, -0.2) is 16.4 Å². The Morgan fingerprint density at radius 2 is 2.33 bits per heavy atom. The standard InChI is InChI=1S/C14H17N3O/c1-2-17-8-12(7-15-17)16-14-10-18-9-11-5-3-4-6-13(11)14/h3-8,14,16H,2,9-10H2,1H3. The largest absolute Gasteiger partial charge is 0.374 e. The molecular weight excluding hydrogens is 226 g/mol. The van der Waals surface area contributed by atoms with Crippen LogP contribution in [0.25, 0.3) is 0 Å². The molecule has 0 fully saturated rings. The molecule has 3 rings (SSSR count). The summed E-state index contributed by atoms with van der Waals surface area (Å²) in [6, 6.07) is 8.64. The number of rotatable bonds is 3. The van der Waals surface area contributed by atoms with E-state index in [1.165, 1.54) is 11.1 Å². The molecule has 0 aliphatic carbocycles. The van der Waals surface area contributed by atoms with Crippen LogP contribution in [0.5, 0.6) is 0 Å². The van der Waals surface area contributed by atoms with Crippen molar-refractivity contribution in [2.24, 2.45) is 0 Å². The van der Waals surface area contributed by atoms with Crippen molar-refractivity contribution >= 4 is 5.69 Å². The fourth-order valence-electron chi connectivity index (χ4n) is 2.31. The molecule has 1 aromatic heterocycles. The minimum absolute atomic E-state index is 0.212. The summed E-state index contributed by atoms with van der Waals surface area (Å²) in [4.78, 5) is 0. The van der Waals surface area contributed by atoms with Crippen LogP contribution in [0.4, 0.5) is 5.69 Å². The highest BCUT2D eigenvalue weighted by Gasteiger charge is 2.20. The van der Waals surface area contributed by atoms with Crippen molar-refractivity contribution in [2.75, 3.05) is 11.9 Å². The van der Waals surface area contributed by atoms with E-state index in [-0.39, 0.29) is 6.04 Å². The van der Waals surface area contributed by atoms with Crippen LogP contribution in [0.2, 0.25) is 0 Å². The van der Waals surface area contributed by atoms with Crippen molar-refractivity contribution in [3.05, 3.63) is 47.8 Å². The summed E-state index contributed by atoms with van der Waals surface area (Å²) in [5.74, 6) is 0. The zero-order valence-corrected chi connectivity index (χ0v) is 10.5. The van der Waals surface area contributed by atoms with Gasteiger partial charge < -0.3 is 10.1 Å². The summed E-state index contributed by atoms with van der Waals surface area (Å²) in [7, 11) is 0. The number of aryl methyl sites for hydroxylation is 1. The maximum Gasteiger partial charge on any atom is 0.0752 e. The molecule has 1 aromatic carbocycles. The topological polar surface area (TPSA) is 39.1 Å². The summed E-state index contributed by atoms with van der Waals surface area (Å²) in [6.45, 7) is 4.38. The first-order chi connectivity index (χ1) is 8.86. The van der Waals surface area contributed by atoms with Gasteiger partial charge in [0.2, 0.25) is 0 Å². The normalized spacial score (nSPS) is 18.4. The van der Waals surface area contributed by atoms with Crippen molar-refractivity contribution < 1.29 is 4.74 Å². The number of nitrogens with zero attached hydrogens (tertiary/aromatic N) is 2. The molecule has 2 heterocycles. The van der Waals surface area contributed by atoms with Gasteiger partial charge in [-0.3, -0.25) is 4.68 Å². The quantitative estimate of drug-likeness (QED) is 0.900. The molecule has 0 amide bonds. The number of nitrogens with one attached hydrogen (secondary N) is 1. The molecule has 4 nitrogen and oxygen atoms in total. The Hall–Kier alpha value is -1.81. The minimum Gasteiger partial charge on any atom is -0.374 e. The van der Waals surface area contributed by atoms with Gasteiger partial charge in [0.1, 0.15) is 0 Å². The lowest BCUT2D eigenvalue weighted by Gasteiger charge is -2.26. The number of benzene rings is 1. The minimum atomic E-state index is 0.212.